The van der Waals surface area contributed by atoms with Gasteiger partial charge >= 0.3 is 5.69 Å². The minimum absolute atomic E-state index is 0.0907. The molecule has 1 amide bonds. The average molecular weight is 475 g/mol. The minimum atomic E-state index is -3.97. The Hall–Kier alpha value is -2.76. The number of benzene rings is 1. The molecule has 0 atom stereocenters. The molecule has 1 saturated heterocycles. The van der Waals surface area contributed by atoms with Crippen LogP contribution in [0.25, 0.3) is 10.9 Å². The largest absolute Gasteiger partial charge is 0.394 e. The van der Waals surface area contributed by atoms with Gasteiger partial charge in [-0.2, -0.15) is 0 Å². The summed E-state index contributed by atoms with van der Waals surface area (Å²) in [7, 11) is -3.97. The number of nitrogens with one attached hydrogen (secondary N) is 1. The smallest absolute Gasteiger partial charge is 0.331 e. The van der Waals surface area contributed by atoms with Gasteiger partial charge < -0.3 is 10.0 Å². The second kappa shape index (κ2) is 7.64. The first-order chi connectivity index (χ1) is 15.7. The third kappa shape index (κ3) is 3.83. The molecular weight excluding hydrogens is 448 g/mol. The van der Waals surface area contributed by atoms with Crippen LogP contribution < -0.4 is 16.0 Å². The van der Waals surface area contributed by atoms with Crippen molar-refractivity contribution in [2.24, 2.45) is 5.92 Å². The van der Waals surface area contributed by atoms with Crippen LogP contribution in [0.1, 0.15) is 31.7 Å². The first kappa shape index (κ1) is 22.1. The van der Waals surface area contributed by atoms with Gasteiger partial charge in [0.05, 0.1) is 34.0 Å². The summed E-state index contributed by atoms with van der Waals surface area (Å²) in [5.74, 6) is 0.0807. The fourth-order valence-corrected chi connectivity index (χ4v) is 5.79. The first-order valence-electron chi connectivity index (χ1n) is 11.0. The topological polar surface area (TPSA) is 131 Å². The number of amides is 1. The molecule has 0 radical (unpaired) electrons. The quantitative estimate of drug-likeness (QED) is 0.516. The van der Waals surface area contributed by atoms with E-state index in [2.05, 4.69) is 11.3 Å². The van der Waals surface area contributed by atoms with E-state index in [1.807, 2.05) is 0 Å². The molecule has 2 aromatic rings. The summed E-state index contributed by atoms with van der Waals surface area (Å²) in [4.78, 5) is 39.9. The number of aliphatic hydroxyl groups is 1. The highest BCUT2D eigenvalue weighted by molar-refractivity contribution is 7.89. The zero-order valence-corrected chi connectivity index (χ0v) is 18.9. The number of rotatable bonds is 8. The molecular formula is C22H26N4O6S. The third-order valence-corrected chi connectivity index (χ3v) is 8.39. The molecule has 33 heavy (non-hydrogen) atoms. The maximum atomic E-state index is 13.4. The summed E-state index contributed by atoms with van der Waals surface area (Å²) in [5, 5.41) is 9.64. The summed E-state index contributed by atoms with van der Waals surface area (Å²) in [6.45, 7) is 4.04. The van der Waals surface area contributed by atoms with Gasteiger partial charge in [0.1, 0.15) is 0 Å². The van der Waals surface area contributed by atoms with E-state index >= 15 is 0 Å². The maximum absolute atomic E-state index is 13.4. The molecule has 10 nitrogen and oxygen atoms in total. The zero-order valence-electron chi connectivity index (χ0n) is 18.1. The van der Waals surface area contributed by atoms with Crippen molar-refractivity contribution in [1.82, 2.24) is 18.8 Å². The Morgan fingerprint density at radius 1 is 1.24 bits per heavy atom. The predicted molar refractivity (Wildman–Crippen MR) is 120 cm³/mol. The van der Waals surface area contributed by atoms with Gasteiger partial charge in [-0.05, 0) is 55.9 Å². The lowest BCUT2D eigenvalue weighted by Gasteiger charge is -2.39. The third-order valence-electron chi connectivity index (χ3n) is 6.81. The lowest BCUT2D eigenvalue weighted by Crippen LogP contribution is -2.56. The fourth-order valence-electron chi connectivity index (χ4n) is 4.31. The van der Waals surface area contributed by atoms with Gasteiger partial charge in [0.2, 0.25) is 15.9 Å². The molecule has 1 aromatic carbocycles. The van der Waals surface area contributed by atoms with Crippen LogP contribution in [0.4, 0.5) is 0 Å². The standard InChI is InChI=1S/C22H26N4O6S/c1-2-19(28)24-11-15(12-24)26-20(29)17-9-16(33(31,32)23-22(13-27)7-8-22)5-6-18(17)25(21(26)30)10-14-3-4-14/h2,5-6,9,14-15,23,27H,1,3-4,7-8,10-13H2. The van der Waals surface area contributed by atoms with Crippen LogP contribution in [-0.2, 0) is 21.4 Å². The molecule has 2 N–H and O–H groups in total. The summed E-state index contributed by atoms with van der Waals surface area (Å²) >= 11 is 0. The molecule has 3 fully saturated rings. The van der Waals surface area contributed by atoms with Crippen LogP contribution in [-0.4, -0.2) is 58.7 Å². The van der Waals surface area contributed by atoms with Crippen LogP contribution in [0.15, 0.2) is 45.3 Å². The molecule has 2 aliphatic carbocycles. The number of aliphatic hydroxyl groups excluding tert-OH is 1. The van der Waals surface area contributed by atoms with Crippen molar-refractivity contribution in [3.8, 4) is 0 Å². The minimum Gasteiger partial charge on any atom is -0.394 e. The van der Waals surface area contributed by atoms with Crippen molar-refractivity contribution >= 4 is 26.8 Å². The number of hydrogen-bond donors (Lipinski definition) is 2. The van der Waals surface area contributed by atoms with Crippen molar-refractivity contribution < 1.29 is 18.3 Å². The molecule has 1 aromatic heterocycles. The lowest BCUT2D eigenvalue weighted by molar-refractivity contribution is -0.131. The van der Waals surface area contributed by atoms with E-state index in [1.54, 1.807) is 4.57 Å². The van der Waals surface area contributed by atoms with Crippen molar-refractivity contribution in [1.29, 1.82) is 0 Å². The lowest BCUT2D eigenvalue weighted by atomic mass is 10.1. The molecule has 0 bridgehead atoms. The second-order valence-electron chi connectivity index (χ2n) is 9.34. The highest BCUT2D eigenvalue weighted by Crippen LogP contribution is 2.36. The van der Waals surface area contributed by atoms with Crippen LogP contribution >= 0.6 is 0 Å². The van der Waals surface area contributed by atoms with Crippen molar-refractivity contribution in [2.75, 3.05) is 19.7 Å². The Morgan fingerprint density at radius 3 is 2.52 bits per heavy atom. The van der Waals surface area contributed by atoms with E-state index in [4.69, 9.17) is 0 Å². The summed E-state index contributed by atoms with van der Waals surface area (Å²) in [6, 6.07) is 3.72. The first-order valence-corrected chi connectivity index (χ1v) is 12.5. The highest BCUT2D eigenvalue weighted by Gasteiger charge is 2.45. The van der Waals surface area contributed by atoms with E-state index in [9.17, 15) is 27.9 Å². The molecule has 5 rings (SSSR count). The average Bonchev–Trinajstić information content (AvgIpc) is 3.69. The van der Waals surface area contributed by atoms with Gasteiger partial charge in [-0.15, -0.1) is 0 Å². The molecule has 3 aliphatic rings. The summed E-state index contributed by atoms with van der Waals surface area (Å²) in [6.07, 6.45) is 4.28. The molecule has 1 aliphatic heterocycles. The van der Waals surface area contributed by atoms with Gasteiger partial charge in [0.15, 0.2) is 0 Å². The van der Waals surface area contributed by atoms with E-state index in [1.165, 1.54) is 29.2 Å². The number of carbonyl (C=O) groups is 1. The Labute approximate surface area is 190 Å². The predicted octanol–water partition coefficient (Wildman–Crippen LogP) is -0.0543. The molecule has 2 heterocycles. The number of fused-ring (bicyclic) bond motifs is 1. The molecule has 176 valence electrons. The number of likely N-dealkylation sites (tertiary alicyclic amines) is 1. The maximum Gasteiger partial charge on any atom is 0.331 e. The van der Waals surface area contributed by atoms with Gasteiger partial charge in [-0.25, -0.2) is 17.9 Å². The number of aromatic nitrogens is 2. The van der Waals surface area contributed by atoms with Gasteiger partial charge in [0, 0.05) is 19.6 Å². The Kier molecular flexibility index (Phi) is 5.11. The van der Waals surface area contributed by atoms with Crippen LogP contribution in [0.2, 0.25) is 0 Å². The highest BCUT2D eigenvalue weighted by atomic mass is 32.2. The molecule has 11 heteroatoms. The Bertz CT molecular complexity index is 1380. The molecule has 0 unspecified atom stereocenters. The van der Waals surface area contributed by atoms with Crippen molar-refractivity contribution in [2.45, 2.75) is 48.7 Å². The summed E-state index contributed by atoms with van der Waals surface area (Å²) < 4.78 is 31.1. The number of sulfonamides is 1. The number of nitrogens with zero attached hydrogens (tertiary/aromatic N) is 3. The van der Waals surface area contributed by atoms with Gasteiger partial charge in [-0.1, -0.05) is 6.58 Å². The van der Waals surface area contributed by atoms with E-state index in [0.29, 0.717) is 30.8 Å². The molecule has 2 saturated carbocycles. The second-order valence-corrected chi connectivity index (χ2v) is 11.0. The van der Waals surface area contributed by atoms with Crippen molar-refractivity contribution in [3.63, 3.8) is 0 Å². The van der Waals surface area contributed by atoms with Crippen LogP contribution in [0.5, 0.6) is 0 Å². The van der Waals surface area contributed by atoms with Crippen molar-refractivity contribution in [3.05, 3.63) is 51.7 Å². The van der Waals surface area contributed by atoms with Crippen LogP contribution in [0.3, 0.4) is 0 Å². The van der Waals surface area contributed by atoms with E-state index in [0.717, 1.165) is 17.4 Å². The van der Waals surface area contributed by atoms with E-state index in [-0.39, 0.29) is 35.9 Å². The number of carbonyl (C=O) groups excluding carboxylic acids is 1. The Balaban J connectivity index is 1.60. The van der Waals surface area contributed by atoms with Gasteiger partial charge in [-0.3, -0.25) is 18.7 Å². The molecule has 0 spiro atoms. The zero-order chi connectivity index (χ0) is 23.5. The van der Waals surface area contributed by atoms with Crippen LogP contribution in [0, 0.1) is 5.92 Å². The van der Waals surface area contributed by atoms with E-state index < -0.39 is 32.9 Å². The van der Waals surface area contributed by atoms with Gasteiger partial charge in [0.25, 0.3) is 5.56 Å². The SMILES string of the molecule is C=CC(=O)N1CC(n2c(=O)c3cc(S(=O)(=O)NC4(CO)CC4)ccc3n(CC3CC3)c2=O)C1. The monoisotopic (exact) mass is 474 g/mol. The Morgan fingerprint density at radius 2 is 1.94 bits per heavy atom. The normalized spacial score (nSPS) is 20.0. The summed E-state index contributed by atoms with van der Waals surface area (Å²) in [5.41, 5.74) is -1.46. The fraction of sp³-hybridized carbons (Fsp3) is 0.500. The number of hydrogen-bond acceptors (Lipinski definition) is 6.